The van der Waals surface area contributed by atoms with Gasteiger partial charge in [0.1, 0.15) is 6.33 Å². The van der Waals surface area contributed by atoms with Crippen molar-refractivity contribution in [2.45, 2.75) is 70.8 Å². The number of nitrogens with two attached hydrogens (primary N) is 1. The van der Waals surface area contributed by atoms with Crippen LogP contribution in [0.2, 0.25) is 0 Å². The standard InChI is InChI=1S/C15H27N3/c1-2-3-4-5-6-7-8-9-10-15(16)14-11-17-13-18-12-14/h11-13,15H,2-10,16H2,1H3. The lowest BCUT2D eigenvalue weighted by Crippen LogP contribution is -2.10. The van der Waals surface area contributed by atoms with Crippen LogP contribution in [0.5, 0.6) is 0 Å². The Morgan fingerprint density at radius 1 is 0.944 bits per heavy atom. The molecule has 1 aromatic rings. The Balaban J connectivity index is 1.98. The van der Waals surface area contributed by atoms with Gasteiger partial charge in [0.05, 0.1) is 0 Å². The molecule has 3 heteroatoms. The molecule has 0 saturated carbocycles. The largest absolute Gasteiger partial charge is 0.324 e. The van der Waals surface area contributed by atoms with E-state index >= 15 is 0 Å². The zero-order valence-electron chi connectivity index (χ0n) is 11.6. The Hall–Kier alpha value is -0.960. The summed E-state index contributed by atoms with van der Waals surface area (Å²) in [5.74, 6) is 0. The molecule has 0 radical (unpaired) electrons. The van der Waals surface area contributed by atoms with Crippen molar-refractivity contribution in [2.24, 2.45) is 5.73 Å². The highest BCUT2D eigenvalue weighted by atomic mass is 14.8. The normalized spacial score (nSPS) is 12.6. The van der Waals surface area contributed by atoms with Crippen LogP contribution in [0, 0.1) is 0 Å². The molecule has 0 saturated heterocycles. The van der Waals surface area contributed by atoms with E-state index < -0.39 is 0 Å². The molecule has 1 rings (SSSR count). The molecule has 18 heavy (non-hydrogen) atoms. The van der Waals surface area contributed by atoms with Gasteiger partial charge in [-0.15, -0.1) is 0 Å². The van der Waals surface area contributed by atoms with Crippen molar-refractivity contribution in [2.75, 3.05) is 0 Å². The summed E-state index contributed by atoms with van der Waals surface area (Å²) in [6, 6.07) is 0.103. The molecule has 0 amide bonds. The van der Waals surface area contributed by atoms with Crippen LogP contribution in [0.4, 0.5) is 0 Å². The van der Waals surface area contributed by atoms with Crippen LogP contribution in [0.1, 0.15) is 76.3 Å². The molecule has 3 nitrogen and oxygen atoms in total. The first-order valence-electron chi connectivity index (χ1n) is 7.35. The molecule has 102 valence electrons. The highest BCUT2D eigenvalue weighted by Gasteiger charge is 2.05. The molecule has 1 aromatic heterocycles. The number of hydrogen-bond acceptors (Lipinski definition) is 3. The summed E-state index contributed by atoms with van der Waals surface area (Å²) >= 11 is 0. The zero-order valence-corrected chi connectivity index (χ0v) is 11.6. The number of rotatable bonds is 10. The van der Waals surface area contributed by atoms with E-state index in [0.29, 0.717) is 0 Å². The highest BCUT2D eigenvalue weighted by Crippen LogP contribution is 2.16. The van der Waals surface area contributed by atoms with E-state index in [1.807, 2.05) is 12.4 Å². The first-order chi connectivity index (χ1) is 8.84. The summed E-state index contributed by atoms with van der Waals surface area (Å²) in [6.45, 7) is 2.26. The van der Waals surface area contributed by atoms with Gasteiger partial charge >= 0.3 is 0 Å². The molecule has 0 aliphatic carbocycles. The van der Waals surface area contributed by atoms with Crippen molar-refractivity contribution in [1.29, 1.82) is 0 Å². The lowest BCUT2D eigenvalue weighted by atomic mass is 10.0. The van der Waals surface area contributed by atoms with E-state index in [9.17, 15) is 0 Å². The van der Waals surface area contributed by atoms with Gasteiger partial charge in [-0.05, 0) is 6.42 Å². The summed E-state index contributed by atoms with van der Waals surface area (Å²) < 4.78 is 0. The van der Waals surface area contributed by atoms with Gasteiger partial charge in [-0.25, -0.2) is 9.97 Å². The summed E-state index contributed by atoms with van der Waals surface area (Å²) in [5.41, 5.74) is 7.15. The predicted molar refractivity (Wildman–Crippen MR) is 76.2 cm³/mol. The second-order valence-corrected chi connectivity index (χ2v) is 5.04. The monoisotopic (exact) mass is 249 g/mol. The van der Waals surface area contributed by atoms with Gasteiger partial charge in [-0.1, -0.05) is 58.3 Å². The van der Waals surface area contributed by atoms with E-state index in [0.717, 1.165) is 12.0 Å². The van der Waals surface area contributed by atoms with Crippen LogP contribution in [-0.4, -0.2) is 9.97 Å². The third-order valence-corrected chi connectivity index (χ3v) is 3.38. The number of hydrogen-bond donors (Lipinski definition) is 1. The van der Waals surface area contributed by atoms with Crippen molar-refractivity contribution in [3.05, 3.63) is 24.3 Å². The van der Waals surface area contributed by atoms with Gasteiger partial charge in [-0.3, -0.25) is 0 Å². The molecular weight excluding hydrogens is 222 g/mol. The van der Waals surface area contributed by atoms with Crippen LogP contribution in [0.25, 0.3) is 0 Å². The van der Waals surface area contributed by atoms with Crippen molar-refractivity contribution < 1.29 is 0 Å². The topological polar surface area (TPSA) is 51.8 Å². The molecule has 0 bridgehead atoms. The quantitative estimate of drug-likeness (QED) is 0.637. The highest BCUT2D eigenvalue weighted by molar-refractivity contribution is 5.07. The Morgan fingerprint density at radius 2 is 1.50 bits per heavy atom. The minimum Gasteiger partial charge on any atom is -0.324 e. The smallest absolute Gasteiger partial charge is 0.115 e. The third kappa shape index (κ3) is 6.70. The molecule has 0 aliphatic rings. The van der Waals surface area contributed by atoms with Crippen molar-refractivity contribution in [3.8, 4) is 0 Å². The van der Waals surface area contributed by atoms with Crippen LogP contribution < -0.4 is 5.73 Å². The van der Waals surface area contributed by atoms with E-state index in [-0.39, 0.29) is 6.04 Å². The second kappa shape index (κ2) is 10.0. The Morgan fingerprint density at radius 3 is 2.11 bits per heavy atom. The van der Waals surface area contributed by atoms with Gasteiger partial charge in [-0.2, -0.15) is 0 Å². The second-order valence-electron chi connectivity index (χ2n) is 5.04. The molecule has 1 heterocycles. The van der Waals surface area contributed by atoms with Crippen LogP contribution in [0.3, 0.4) is 0 Å². The summed E-state index contributed by atoms with van der Waals surface area (Å²) in [6.07, 6.45) is 17.0. The molecule has 0 aliphatic heterocycles. The predicted octanol–water partition coefficient (Wildman–Crippen LogP) is 4.01. The molecule has 0 fully saturated rings. The average Bonchev–Trinajstić information content (AvgIpc) is 2.42. The summed E-state index contributed by atoms with van der Waals surface area (Å²) in [7, 11) is 0. The first-order valence-corrected chi connectivity index (χ1v) is 7.35. The molecule has 0 aromatic carbocycles. The van der Waals surface area contributed by atoms with Crippen LogP contribution in [-0.2, 0) is 0 Å². The molecule has 1 unspecified atom stereocenters. The van der Waals surface area contributed by atoms with Crippen molar-refractivity contribution >= 4 is 0 Å². The van der Waals surface area contributed by atoms with Gasteiger partial charge in [0.2, 0.25) is 0 Å². The molecule has 1 atom stereocenters. The Kier molecular flexibility index (Phi) is 8.40. The first kappa shape index (κ1) is 15.1. The minimum atomic E-state index is 0.103. The average molecular weight is 249 g/mol. The fraction of sp³-hybridized carbons (Fsp3) is 0.733. The fourth-order valence-electron chi connectivity index (χ4n) is 2.17. The maximum absolute atomic E-state index is 6.10. The number of nitrogens with zero attached hydrogens (tertiary/aromatic N) is 2. The van der Waals surface area contributed by atoms with Crippen LogP contribution >= 0.6 is 0 Å². The van der Waals surface area contributed by atoms with Gasteiger partial charge < -0.3 is 5.73 Å². The van der Waals surface area contributed by atoms with E-state index in [1.165, 1.54) is 51.4 Å². The van der Waals surface area contributed by atoms with Crippen molar-refractivity contribution in [3.63, 3.8) is 0 Å². The molecular formula is C15H27N3. The summed E-state index contributed by atoms with van der Waals surface area (Å²) in [5, 5.41) is 0. The van der Waals surface area contributed by atoms with Gasteiger partial charge in [0.15, 0.2) is 0 Å². The van der Waals surface area contributed by atoms with Crippen molar-refractivity contribution in [1.82, 2.24) is 9.97 Å². The lowest BCUT2D eigenvalue weighted by molar-refractivity contribution is 0.535. The van der Waals surface area contributed by atoms with Gasteiger partial charge in [0.25, 0.3) is 0 Å². The van der Waals surface area contributed by atoms with E-state index in [4.69, 9.17) is 5.73 Å². The van der Waals surface area contributed by atoms with E-state index in [2.05, 4.69) is 16.9 Å². The maximum Gasteiger partial charge on any atom is 0.115 e. The SMILES string of the molecule is CCCCCCCCCCC(N)c1cncnc1. The number of unbranched alkanes of at least 4 members (excludes halogenated alkanes) is 7. The third-order valence-electron chi connectivity index (χ3n) is 3.38. The summed E-state index contributed by atoms with van der Waals surface area (Å²) in [4.78, 5) is 8.00. The number of aromatic nitrogens is 2. The van der Waals surface area contributed by atoms with Crippen LogP contribution in [0.15, 0.2) is 18.7 Å². The zero-order chi connectivity index (χ0) is 13.1. The lowest BCUT2D eigenvalue weighted by Gasteiger charge is -2.10. The molecule has 2 N–H and O–H groups in total. The fourth-order valence-corrected chi connectivity index (χ4v) is 2.17. The maximum atomic E-state index is 6.10. The Labute approximate surface area is 111 Å². The Bertz CT molecular complexity index is 287. The van der Waals surface area contributed by atoms with E-state index in [1.54, 1.807) is 6.33 Å². The van der Waals surface area contributed by atoms with Gasteiger partial charge in [0, 0.05) is 24.0 Å². The minimum absolute atomic E-state index is 0.103. The molecule has 0 spiro atoms.